The Morgan fingerprint density at radius 1 is 1.05 bits per heavy atom. The molecule has 0 radical (unpaired) electrons. The van der Waals surface area contributed by atoms with Crippen LogP contribution in [-0.4, -0.2) is 18.2 Å². The lowest BCUT2D eigenvalue weighted by Crippen LogP contribution is -1.99. The number of hydrogen-bond donors (Lipinski definition) is 0. The van der Waals surface area contributed by atoms with Gasteiger partial charge in [0.2, 0.25) is 0 Å². The molecule has 108 valence electrons. The van der Waals surface area contributed by atoms with Crippen LogP contribution in [0.1, 0.15) is 32.8 Å². The molecule has 0 unspecified atom stereocenters. The van der Waals surface area contributed by atoms with Crippen LogP contribution in [0, 0.1) is 0 Å². The lowest BCUT2D eigenvalue weighted by Gasteiger charge is -2.13. The molecule has 0 N–H and O–H groups in total. The summed E-state index contributed by atoms with van der Waals surface area (Å²) in [5, 5.41) is 1.51. The van der Waals surface area contributed by atoms with E-state index < -0.39 is 0 Å². The molecule has 0 atom stereocenters. The zero-order chi connectivity index (χ0) is 14.5. The van der Waals surface area contributed by atoms with E-state index in [2.05, 4.69) is 18.0 Å². The molecule has 20 heavy (non-hydrogen) atoms. The molecule has 2 aromatic rings. The van der Waals surface area contributed by atoms with Gasteiger partial charge in [0.25, 0.3) is 0 Å². The third kappa shape index (κ3) is 2.98. The second-order valence-electron chi connectivity index (χ2n) is 4.51. The monoisotopic (exact) mass is 293 g/mol. The molecule has 0 aliphatic carbocycles. The number of rotatable bonds is 6. The molecule has 0 aliphatic rings. The van der Waals surface area contributed by atoms with E-state index in [-0.39, 0.29) is 0 Å². The number of aryl methyl sites for hydroxylation is 1. The van der Waals surface area contributed by atoms with Crippen LogP contribution in [0.4, 0.5) is 0 Å². The van der Waals surface area contributed by atoms with Crippen molar-refractivity contribution in [3.05, 3.63) is 28.9 Å². The average molecular weight is 294 g/mol. The average Bonchev–Trinajstić information content (AvgIpc) is 2.43. The standard InChI is InChI=1S/C16H20ClNO2/c1-4-7-11-10-12-13(19-5-2)8-9-14(20-6-3)15(12)18-16(11)17/h8-10H,4-7H2,1-3H3. The van der Waals surface area contributed by atoms with Crippen LogP contribution in [-0.2, 0) is 6.42 Å². The zero-order valence-electron chi connectivity index (χ0n) is 12.2. The number of pyridine rings is 1. The predicted octanol–water partition coefficient (Wildman–Crippen LogP) is 4.64. The van der Waals surface area contributed by atoms with Crippen molar-refractivity contribution >= 4 is 22.5 Å². The van der Waals surface area contributed by atoms with Gasteiger partial charge < -0.3 is 9.47 Å². The first kappa shape index (κ1) is 14.9. The summed E-state index contributed by atoms with van der Waals surface area (Å²) >= 11 is 6.28. The van der Waals surface area contributed by atoms with Crippen molar-refractivity contribution in [2.75, 3.05) is 13.2 Å². The van der Waals surface area contributed by atoms with Gasteiger partial charge in [0, 0.05) is 5.39 Å². The van der Waals surface area contributed by atoms with Crippen molar-refractivity contribution in [1.82, 2.24) is 4.98 Å². The van der Waals surface area contributed by atoms with Crippen LogP contribution in [0.15, 0.2) is 18.2 Å². The third-order valence-corrected chi connectivity index (χ3v) is 3.38. The molecule has 3 nitrogen and oxygen atoms in total. The summed E-state index contributed by atoms with van der Waals surface area (Å²) in [6, 6.07) is 5.89. The van der Waals surface area contributed by atoms with Gasteiger partial charge in [-0.3, -0.25) is 0 Å². The van der Waals surface area contributed by atoms with E-state index >= 15 is 0 Å². The molecular formula is C16H20ClNO2. The van der Waals surface area contributed by atoms with Crippen molar-refractivity contribution in [3.8, 4) is 11.5 Å². The SMILES string of the molecule is CCCc1cc2c(OCC)ccc(OCC)c2nc1Cl. The maximum atomic E-state index is 6.28. The highest BCUT2D eigenvalue weighted by atomic mass is 35.5. The van der Waals surface area contributed by atoms with Crippen LogP contribution in [0.3, 0.4) is 0 Å². The van der Waals surface area contributed by atoms with Crippen LogP contribution in [0.25, 0.3) is 10.9 Å². The summed E-state index contributed by atoms with van der Waals surface area (Å²) in [4.78, 5) is 4.52. The Hall–Kier alpha value is -1.48. The van der Waals surface area contributed by atoms with Gasteiger partial charge in [-0.1, -0.05) is 24.9 Å². The van der Waals surface area contributed by atoms with Crippen LogP contribution >= 0.6 is 11.6 Å². The van der Waals surface area contributed by atoms with E-state index in [1.165, 1.54) is 0 Å². The Bertz CT molecular complexity index is 599. The van der Waals surface area contributed by atoms with Crippen molar-refractivity contribution in [2.45, 2.75) is 33.6 Å². The molecule has 0 saturated heterocycles. The second-order valence-corrected chi connectivity index (χ2v) is 4.87. The number of fused-ring (bicyclic) bond motifs is 1. The van der Waals surface area contributed by atoms with E-state index in [1.807, 2.05) is 26.0 Å². The molecule has 1 heterocycles. The smallest absolute Gasteiger partial charge is 0.145 e. The highest BCUT2D eigenvalue weighted by molar-refractivity contribution is 6.30. The first-order chi connectivity index (χ1) is 9.71. The fraction of sp³-hybridized carbons (Fsp3) is 0.438. The normalized spacial score (nSPS) is 10.8. The maximum absolute atomic E-state index is 6.28. The Labute approximate surface area is 124 Å². The molecular weight excluding hydrogens is 274 g/mol. The molecule has 0 amide bonds. The summed E-state index contributed by atoms with van der Waals surface area (Å²) < 4.78 is 11.3. The summed E-state index contributed by atoms with van der Waals surface area (Å²) in [5.74, 6) is 1.57. The van der Waals surface area contributed by atoms with E-state index in [4.69, 9.17) is 21.1 Å². The minimum absolute atomic E-state index is 0.550. The van der Waals surface area contributed by atoms with Crippen molar-refractivity contribution in [1.29, 1.82) is 0 Å². The van der Waals surface area contributed by atoms with Gasteiger partial charge >= 0.3 is 0 Å². The van der Waals surface area contributed by atoms with Crippen molar-refractivity contribution in [3.63, 3.8) is 0 Å². The molecule has 2 rings (SSSR count). The highest BCUT2D eigenvalue weighted by Gasteiger charge is 2.13. The van der Waals surface area contributed by atoms with E-state index in [1.54, 1.807) is 0 Å². The summed E-state index contributed by atoms with van der Waals surface area (Å²) in [5.41, 5.74) is 1.82. The zero-order valence-corrected chi connectivity index (χ0v) is 13.0. The first-order valence-corrected chi connectivity index (χ1v) is 7.46. The topological polar surface area (TPSA) is 31.4 Å². The van der Waals surface area contributed by atoms with Crippen LogP contribution in [0.2, 0.25) is 5.15 Å². The Morgan fingerprint density at radius 2 is 1.70 bits per heavy atom. The Kier molecular flexibility index (Phi) is 5.07. The molecule has 1 aromatic heterocycles. The number of halogens is 1. The second kappa shape index (κ2) is 6.80. The molecule has 4 heteroatoms. The minimum atomic E-state index is 0.550. The fourth-order valence-electron chi connectivity index (χ4n) is 2.23. The van der Waals surface area contributed by atoms with Crippen LogP contribution < -0.4 is 9.47 Å². The lowest BCUT2D eigenvalue weighted by molar-refractivity contribution is 0.336. The van der Waals surface area contributed by atoms with Crippen molar-refractivity contribution < 1.29 is 9.47 Å². The maximum Gasteiger partial charge on any atom is 0.145 e. The molecule has 0 spiro atoms. The summed E-state index contributed by atoms with van der Waals surface area (Å²) in [6.07, 6.45) is 1.94. The fourth-order valence-corrected chi connectivity index (χ4v) is 2.46. The summed E-state index contributed by atoms with van der Waals surface area (Å²) in [7, 11) is 0. The molecule has 0 saturated carbocycles. The number of hydrogen-bond acceptors (Lipinski definition) is 3. The third-order valence-electron chi connectivity index (χ3n) is 3.05. The van der Waals surface area contributed by atoms with Gasteiger partial charge in [-0.15, -0.1) is 0 Å². The van der Waals surface area contributed by atoms with E-state index in [0.29, 0.717) is 18.4 Å². The van der Waals surface area contributed by atoms with E-state index in [9.17, 15) is 0 Å². The molecule has 0 bridgehead atoms. The van der Waals surface area contributed by atoms with Crippen LogP contribution in [0.5, 0.6) is 11.5 Å². The molecule has 0 aliphatic heterocycles. The van der Waals surface area contributed by atoms with Gasteiger partial charge in [-0.2, -0.15) is 0 Å². The van der Waals surface area contributed by atoms with Gasteiger partial charge in [0.05, 0.1) is 13.2 Å². The van der Waals surface area contributed by atoms with E-state index in [0.717, 1.165) is 40.8 Å². The molecule has 0 fully saturated rings. The summed E-state index contributed by atoms with van der Waals surface area (Å²) in [6.45, 7) is 7.27. The lowest BCUT2D eigenvalue weighted by atomic mass is 10.1. The first-order valence-electron chi connectivity index (χ1n) is 7.08. The molecule has 1 aromatic carbocycles. The van der Waals surface area contributed by atoms with Gasteiger partial charge in [-0.25, -0.2) is 4.98 Å². The quantitative estimate of drug-likeness (QED) is 0.727. The van der Waals surface area contributed by atoms with Gasteiger partial charge in [0.15, 0.2) is 0 Å². The Morgan fingerprint density at radius 3 is 2.35 bits per heavy atom. The number of nitrogens with zero attached hydrogens (tertiary/aromatic N) is 1. The van der Waals surface area contributed by atoms with Crippen molar-refractivity contribution in [2.24, 2.45) is 0 Å². The number of benzene rings is 1. The largest absolute Gasteiger partial charge is 0.493 e. The number of ether oxygens (including phenoxy) is 2. The highest BCUT2D eigenvalue weighted by Crippen LogP contribution is 2.34. The minimum Gasteiger partial charge on any atom is -0.493 e. The predicted molar refractivity (Wildman–Crippen MR) is 83.1 cm³/mol. The van der Waals surface area contributed by atoms with Gasteiger partial charge in [-0.05, 0) is 44.0 Å². The number of aromatic nitrogens is 1. The van der Waals surface area contributed by atoms with Gasteiger partial charge in [0.1, 0.15) is 22.2 Å². The Balaban J connectivity index is 2.64.